The molecule has 1 aliphatic rings. The van der Waals surface area contributed by atoms with Gasteiger partial charge in [0, 0.05) is 38.4 Å². The van der Waals surface area contributed by atoms with E-state index >= 15 is 0 Å². The number of nitrogens with zero attached hydrogens (tertiary/aromatic N) is 2. The number of pyridine rings is 1. The van der Waals surface area contributed by atoms with Gasteiger partial charge in [-0.3, -0.25) is 9.78 Å². The van der Waals surface area contributed by atoms with Gasteiger partial charge in [-0.25, -0.2) is 0 Å². The normalized spacial score (nSPS) is 23.0. The van der Waals surface area contributed by atoms with E-state index < -0.39 is 6.10 Å². The number of aryl methyl sites for hydroxylation is 1. The molecule has 98 valence electrons. The molecule has 1 saturated heterocycles. The molecule has 2 N–H and O–H groups in total. The van der Waals surface area contributed by atoms with Gasteiger partial charge in [-0.15, -0.1) is 0 Å². The van der Waals surface area contributed by atoms with Crippen LogP contribution >= 0.6 is 0 Å². The highest BCUT2D eigenvalue weighted by Crippen LogP contribution is 2.10. The first kappa shape index (κ1) is 13.0. The first-order valence-corrected chi connectivity index (χ1v) is 6.23. The van der Waals surface area contributed by atoms with Gasteiger partial charge in [0.25, 0.3) is 0 Å². The second-order valence-corrected chi connectivity index (χ2v) is 4.62. The molecule has 0 spiro atoms. The third kappa shape index (κ3) is 3.05. The Bertz CT molecular complexity index is 396. The van der Waals surface area contributed by atoms with Crippen molar-refractivity contribution in [1.82, 2.24) is 15.2 Å². The molecular weight excluding hydrogens is 230 g/mol. The highest BCUT2D eigenvalue weighted by atomic mass is 16.3. The van der Waals surface area contributed by atoms with E-state index in [1.165, 1.54) is 0 Å². The summed E-state index contributed by atoms with van der Waals surface area (Å²) in [6, 6.07) is 5.58. The number of rotatable bonds is 4. The molecule has 0 radical (unpaired) electrons. The van der Waals surface area contributed by atoms with Crippen LogP contribution < -0.4 is 5.32 Å². The van der Waals surface area contributed by atoms with Crippen LogP contribution in [0.4, 0.5) is 0 Å². The molecule has 1 aromatic heterocycles. The number of carbonyl (C=O) groups is 1. The van der Waals surface area contributed by atoms with Crippen molar-refractivity contribution in [3.8, 4) is 0 Å². The number of β-amino-alcohol motifs (C(OH)–C–C–N with tert-alkyl or cyclic N) is 1. The van der Waals surface area contributed by atoms with Crippen molar-refractivity contribution in [3.63, 3.8) is 0 Å². The van der Waals surface area contributed by atoms with Gasteiger partial charge in [0.15, 0.2) is 0 Å². The van der Waals surface area contributed by atoms with Crippen LogP contribution in [-0.2, 0) is 11.2 Å². The Morgan fingerprint density at radius 3 is 3.00 bits per heavy atom. The molecule has 2 atom stereocenters. The van der Waals surface area contributed by atoms with Gasteiger partial charge < -0.3 is 15.3 Å². The van der Waals surface area contributed by atoms with E-state index in [-0.39, 0.29) is 11.9 Å². The zero-order valence-electron chi connectivity index (χ0n) is 10.5. The number of aliphatic hydroxyl groups is 1. The summed E-state index contributed by atoms with van der Waals surface area (Å²) in [6.07, 6.45) is 2.33. The number of hydrogen-bond acceptors (Lipinski definition) is 4. The topological polar surface area (TPSA) is 65.5 Å². The smallest absolute Gasteiger partial charge is 0.223 e. The summed E-state index contributed by atoms with van der Waals surface area (Å²) in [5.41, 5.74) is 0.921. The van der Waals surface area contributed by atoms with Crippen molar-refractivity contribution in [2.45, 2.75) is 25.0 Å². The Morgan fingerprint density at radius 1 is 1.56 bits per heavy atom. The molecule has 2 rings (SSSR count). The minimum Gasteiger partial charge on any atom is -0.390 e. The van der Waals surface area contributed by atoms with Gasteiger partial charge in [0.2, 0.25) is 5.91 Å². The predicted molar refractivity (Wildman–Crippen MR) is 68.0 cm³/mol. The largest absolute Gasteiger partial charge is 0.390 e. The van der Waals surface area contributed by atoms with Crippen molar-refractivity contribution in [1.29, 1.82) is 0 Å². The summed E-state index contributed by atoms with van der Waals surface area (Å²) >= 11 is 0. The first-order chi connectivity index (χ1) is 8.68. The van der Waals surface area contributed by atoms with E-state index in [0.29, 0.717) is 25.9 Å². The molecule has 1 amide bonds. The van der Waals surface area contributed by atoms with Crippen molar-refractivity contribution >= 4 is 5.91 Å². The molecule has 5 nitrogen and oxygen atoms in total. The van der Waals surface area contributed by atoms with E-state index in [0.717, 1.165) is 5.69 Å². The minimum absolute atomic E-state index is 0.0494. The fraction of sp³-hybridized carbons (Fsp3) is 0.538. The van der Waals surface area contributed by atoms with Crippen molar-refractivity contribution in [2.75, 3.05) is 20.1 Å². The van der Waals surface area contributed by atoms with E-state index in [1.54, 1.807) is 18.1 Å². The van der Waals surface area contributed by atoms with Gasteiger partial charge in [-0.2, -0.15) is 0 Å². The summed E-state index contributed by atoms with van der Waals surface area (Å²) in [7, 11) is 1.75. The average Bonchev–Trinajstić information content (AvgIpc) is 2.82. The van der Waals surface area contributed by atoms with Gasteiger partial charge in [0.1, 0.15) is 0 Å². The molecule has 0 unspecified atom stereocenters. The zero-order chi connectivity index (χ0) is 13.0. The number of likely N-dealkylation sites (N-methyl/N-ethyl adjacent to an activating group) is 1. The minimum atomic E-state index is -0.464. The van der Waals surface area contributed by atoms with Crippen LogP contribution in [0.5, 0.6) is 0 Å². The molecule has 0 aromatic carbocycles. The van der Waals surface area contributed by atoms with Gasteiger partial charge in [0.05, 0.1) is 12.1 Å². The first-order valence-electron chi connectivity index (χ1n) is 6.23. The maximum absolute atomic E-state index is 12.0. The SMILES string of the molecule is CN(C(=O)CCc1ccccn1)[C@H]1CNC[C@@H]1O. The number of amides is 1. The average molecular weight is 249 g/mol. The summed E-state index contributed by atoms with van der Waals surface area (Å²) in [5.74, 6) is 0.0494. The molecule has 0 saturated carbocycles. The lowest BCUT2D eigenvalue weighted by molar-refractivity contribution is -0.133. The monoisotopic (exact) mass is 249 g/mol. The van der Waals surface area contributed by atoms with Crippen LogP contribution in [0.15, 0.2) is 24.4 Å². The Hall–Kier alpha value is -1.46. The molecule has 0 bridgehead atoms. The summed E-state index contributed by atoms with van der Waals surface area (Å²) in [6.45, 7) is 1.22. The predicted octanol–water partition coefficient (Wildman–Crippen LogP) is -0.195. The number of aliphatic hydroxyl groups excluding tert-OH is 1. The maximum atomic E-state index is 12.0. The van der Waals surface area contributed by atoms with Crippen molar-refractivity contribution in [2.24, 2.45) is 0 Å². The number of aromatic nitrogens is 1. The standard InChI is InChI=1S/C13H19N3O2/c1-16(11-8-14-9-12(11)17)13(18)6-5-10-4-2-3-7-15-10/h2-4,7,11-12,14,17H,5-6,8-9H2,1H3/t11-,12-/m0/s1. The fourth-order valence-electron chi connectivity index (χ4n) is 2.19. The summed E-state index contributed by atoms with van der Waals surface area (Å²) < 4.78 is 0. The van der Waals surface area contributed by atoms with Crippen LogP contribution in [0.3, 0.4) is 0 Å². The number of nitrogens with one attached hydrogen (secondary N) is 1. The Morgan fingerprint density at radius 2 is 2.39 bits per heavy atom. The van der Waals surface area contributed by atoms with Crippen molar-refractivity contribution < 1.29 is 9.90 Å². The van der Waals surface area contributed by atoms with Crippen molar-refractivity contribution in [3.05, 3.63) is 30.1 Å². The molecule has 1 aromatic rings. The van der Waals surface area contributed by atoms with Crippen LogP contribution in [0.2, 0.25) is 0 Å². The quantitative estimate of drug-likeness (QED) is 0.776. The Kier molecular flexibility index (Phi) is 4.28. The Labute approximate surface area is 107 Å². The molecular formula is C13H19N3O2. The number of carbonyl (C=O) groups excluding carboxylic acids is 1. The second kappa shape index (κ2) is 5.93. The molecule has 5 heteroatoms. The highest BCUT2D eigenvalue weighted by Gasteiger charge is 2.30. The van der Waals surface area contributed by atoms with E-state index in [9.17, 15) is 9.90 Å². The molecule has 1 aliphatic heterocycles. The molecule has 18 heavy (non-hydrogen) atoms. The lowest BCUT2D eigenvalue weighted by Crippen LogP contribution is -2.44. The van der Waals surface area contributed by atoms with E-state index in [1.807, 2.05) is 18.2 Å². The van der Waals surface area contributed by atoms with E-state index in [4.69, 9.17) is 0 Å². The lowest BCUT2D eigenvalue weighted by Gasteiger charge is -2.26. The summed E-state index contributed by atoms with van der Waals surface area (Å²) in [4.78, 5) is 17.8. The van der Waals surface area contributed by atoms with E-state index in [2.05, 4.69) is 10.3 Å². The van der Waals surface area contributed by atoms with Gasteiger partial charge >= 0.3 is 0 Å². The molecule has 2 heterocycles. The third-order valence-electron chi connectivity index (χ3n) is 3.36. The van der Waals surface area contributed by atoms with Crippen LogP contribution in [0.1, 0.15) is 12.1 Å². The molecule has 1 fully saturated rings. The van der Waals surface area contributed by atoms with Crippen LogP contribution in [0, 0.1) is 0 Å². The van der Waals surface area contributed by atoms with Crippen LogP contribution in [0.25, 0.3) is 0 Å². The number of hydrogen-bond donors (Lipinski definition) is 2. The van der Waals surface area contributed by atoms with Gasteiger partial charge in [-0.1, -0.05) is 6.07 Å². The second-order valence-electron chi connectivity index (χ2n) is 4.62. The maximum Gasteiger partial charge on any atom is 0.223 e. The highest BCUT2D eigenvalue weighted by molar-refractivity contribution is 5.76. The van der Waals surface area contributed by atoms with Gasteiger partial charge in [-0.05, 0) is 18.6 Å². The Balaban J connectivity index is 1.84. The zero-order valence-corrected chi connectivity index (χ0v) is 10.5. The van der Waals surface area contributed by atoms with Crippen LogP contribution in [-0.4, -0.2) is 53.2 Å². The lowest BCUT2D eigenvalue weighted by atomic mass is 10.1. The molecule has 0 aliphatic carbocycles. The fourth-order valence-corrected chi connectivity index (χ4v) is 2.19. The summed E-state index contributed by atoms with van der Waals surface area (Å²) in [5, 5.41) is 12.8. The third-order valence-corrected chi connectivity index (χ3v) is 3.36.